The van der Waals surface area contributed by atoms with Crippen molar-refractivity contribution in [3.63, 3.8) is 0 Å². The van der Waals surface area contributed by atoms with Gasteiger partial charge in [0.05, 0.1) is 17.9 Å². The quantitative estimate of drug-likeness (QED) is 0.462. The van der Waals surface area contributed by atoms with Crippen LogP contribution in [0.15, 0.2) is 16.9 Å². The van der Waals surface area contributed by atoms with E-state index in [1.807, 2.05) is 13.8 Å². The number of nitrogens with two attached hydrogens (primary N) is 1. The third-order valence-electron chi connectivity index (χ3n) is 5.07. The van der Waals surface area contributed by atoms with Gasteiger partial charge < -0.3 is 5.73 Å². The first-order valence-electron chi connectivity index (χ1n) is 9.65. The van der Waals surface area contributed by atoms with E-state index in [1.54, 1.807) is 6.20 Å². The fourth-order valence-corrected chi connectivity index (χ4v) is 3.23. The molecule has 3 atom stereocenters. The number of piperidine rings is 1. The fraction of sp³-hybridized carbons (Fsp3) is 0.842. The number of rotatable bonds is 10. The first-order valence-corrected chi connectivity index (χ1v) is 9.65. The largest absolute Gasteiger partial charge is 0.404 e. The Bertz CT molecular complexity index is 439. The van der Waals surface area contributed by atoms with Crippen LogP contribution in [0.25, 0.3) is 0 Å². The molecule has 0 radical (unpaired) electrons. The SMILES string of the molecule is CCC(F)CCC(C)C(=C/N)/C(C)=N\ONC1CCCN(C(C)C)C1. The molecule has 3 N–H and O–H groups in total. The maximum Gasteiger partial charge on any atom is 0.0999 e. The lowest BCUT2D eigenvalue weighted by Gasteiger charge is -2.34. The van der Waals surface area contributed by atoms with Crippen molar-refractivity contribution in [2.24, 2.45) is 16.8 Å². The van der Waals surface area contributed by atoms with Crippen LogP contribution in [0, 0.1) is 5.92 Å². The fourth-order valence-electron chi connectivity index (χ4n) is 3.23. The Hall–Kier alpha value is -1.14. The molecule has 0 aromatic carbocycles. The number of hydrogen-bond acceptors (Lipinski definition) is 5. The van der Waals surface area contributed by atoms with Crippen molar-refractivity contribution in [1.29, 1.82) is 0 Å². The molecule has 1 aliphatic heterocycles. The molecule has 0 bridgehead atoms. The molecule has 0 amide bonds. The van der Waals surface area contributed by atoms with E-state index in [2.05, 4.69) is 36.3 Å². The van der Waals surface area contributed by atoms with E-state index in [0.717, 1.165) is 43.6 Å². The summed E-state index contributed by atoms with van der Waals surface area (Å²) >= 11 is 0. The molecule has 0 saturated carbocycles. The summed E-state index contributed by atoms with van der Waals surface area (Å²) < 4.78 is 13.4. The molecule has 0 aromatic heterocycles. The molecule has 1 fully saturated rings. The number of allylic oxidation sites excluding steroid dienone is 1. The molecule has 1 aliphatic rings. The van der Waals surface area contributed by atoms with Gasteiger partial charge in [0, 0.05) is 12.6 Å². The van der Waals surface area contributed by atoms with Gasteiger partial charge in [0.2, 0.25) is 0 Å². The predicted molar refractivity (Wildman–Crippen MR) is 103 cm³/mol. The summed E-state index contributed by atoms with van der Waals surface area (Å²) in [4.78, 5) is 7.82. The third-order valence-corrected chi connectivity index (χ3v) is 5.07. The van der Waals surface area contributed by atoms with E-state index >= 15 is 0 Å². The molecular weight excluding hydrogens is 319 g/mol. The molecule has 0 spiro atoms. The Morgan fingerprint density at radius 2 is 2.12 bits per heavy atom. The molecule has 146 valence electrons. The molecule has 3 unspecified atom stereocenters. The van der Waals surface area contributed by atoms with Crippen molar-refractivity contribution in [1.82, 2.24) is 10.4 Å². The van der Waals surface area contributed by atoms with Gasteiger partial charge in [-0.15, -0.1) is 5.48 Å². The number of hydroxylamine groups is 1. The minimum Gasteiger partial charge on any atom is -0.404 e. The van der Waals surface area contributed by atoms with Crippen molar-refractivity contribution in [2.45, 2.75) is 85.0 Å². The highest BCUT2D eigenvalue weighted by molar-refractivity contribution is 5.98. The summed E-state index contributed by atoms with van der Waals surface area (Å²) in [6, 6.07) is 0.831. The number of nitrogens with one attached hydrogen (secondary N) is 1. The van der Waals surface area contributed by atoms with Gasteiger partial charge in [-0.25, -0.2) is 4.39 Å². The molecular formula is C19H37FN4O. The Labute approximate surface area is 152 Å². The Balaban J connectivity index is 2.46. The van der Waals surface area contributed by atoms with Crippen molar-refractivity contribution in [3.8, 4) is 0 Å². The van der Waals surface area contributed by atoms with Crippen molar-refractivity contribution < 1.29 is 9.33 Å². The predicted octanol–water partition coefficient (Wildman–Crippen LogP) is 3.76. The number of alkyl halides is 1. The van der Waals surface area contributed by atoms with Crippen LogP contribution in [-0.2, 0) is 4.94 Å². The second-order valence-electron chi connectivity index (χ2n) is 7.42. The molecule has 6 heteroatoms. The lowest BCUT2D eigenvalue weighted by molar-refractivity contribution is -0.00512. The zero-order valence-electron chi connectivity index (χ0n) is 16.6. The molecule has 1 saturated heterocycles. The summed E-state index contributed by atoms with van der Waals surface area (Å²) in [6.45, 7) is 12.3. The number of oxime groups is 1. The zero-order valence-corrected chi connectivity index (χ0v) is 16.6. The van der Waals surface area contributed by atoms with Crippen LogP contribution < -0.4 is 11.2 Å². The van der Waals surface area contributed by atoms with Crippen LogP contribution in [-0.4, -0.2) is 42.0 Å². The topological polar surface area (TPSA) is 62.9 Å². The first kappa shape index (κ1) is 21.9. The van der Waals surface area contributed by atoms with Gasteiger partial charge in [0.1, 0.15) is 0 Å². The number of halogens is 1. The molecule has 25 heavy (non-hydrogen) atoms. The van der Waals surface area contributed by atoms with Gasteiger partial charge >= 0.3 is 0 Å². The minimum atomic E-state index is -0.744. The van der Waals surface area contributed by atoms with Gasteiger partial charge in [0.25, 0.3) is 0 Å². The van der Waals surface area contributed by atoms with Crippen LogP contribution in [0.5, 0.6) is 0 Å². The van der Waals surface area contributed by atoms with Gasteiger partial charge in [-0.05, 0) is 77.1 Å². The maximum atomic E-state index is 13.4. The van der Waals surface area contributed by atoms with Crippen molar-refractivity contribution >= 4 is 5.71 Å². The highest BCUT2D eigenvalue weighted by atomic mass is 19.1. The lowest BCUT2D eigenvalue weighted by atomic mass is 9.92. The molecule has 1 heterocycles. The number of nitrogens with zero attached hydrogens (tertiary/aromatic N) is 2. The number of likely N-dealkylation sites (tertiary alicyclic amines) is 1. The van der Waals surface area contributed by atoms with E-state index < -0.39 is 6.17 Å². The van der Waals surface area contributed by atoms with E-state index in [-0.39, 0.29) is 12.0 Å². The second kappa shape index (κ2) is 11.5. The average molecular weight is 357 g/mol. The van der Waals surface area contributed by atoms with E-state index in [4.69, 9.17) is 10.7 Å². The maximum absolute atomic E-state index is 13.4. The van der Waals surface area contributed by atoms with E-state index in [9.17, 15) is 4.39 Å². The summed E-state index contributed by atoms with van der Waals surface area (Å²) in [5, 5.41) is 4.17. The van der Waals surface area contributed by atoms with Gasteiger partial charge in [-0.2, -0.15) is 0 Å². The molecule has 0 aliphatic carbocycles. The summed E-state index contributed by atoms with van der Waals surface area (Å²) in [7, 11) is 0. The van der Waals surface area contributed by atoms with E-state index in [0.29, 0.717) is 18.9 Å². The third kappa shape index (κ3) is 7.74. The lowest BCUT2D eigenvalue weighted by Crippen LogP contribution is -2.47. The summed E-state index contributed by atoms with van der Waals surface area (Å²) in [5.41, 5.74) is 10.5. The smallest absolute Gasteiger partial charge is 0.0999 e. The van der Waals surface area contributed by atoms with E-state index in [1.165, 1.54) is 0 Å². The Morgan fingerprint density at radius 3 is 2.72 bits per heavy atom. The van der Waals surface area contributed by atoms with Gasteiger partial charge in [-0.3, -0.25) is 9.84 Å². The monoisotopic (exact) mass is 356 g/mol. The van der Waals surface area contributed by atoms with Crippen LogP contribution in [0.1, 0.15) is 66.7 Å². The van der Waals surface area contributed by atoms with Crippen LogP contribution in [0.4, 0.5) is 4.39 Å². The van der Waals surface area contributed by atoms with Crippen LogP contribution in [0.2, 0.25) is 0 Å². The second-order valence-corrected chi connectivity index (χ2v) is 7.42. The minimum absolute atomic E-state index is 0.160. The normalized spacial score (nSPS) is 22.9. The Morgan fingerprint density at radius 1 is 1.40 bits per heavy atom. The van der Waals surface area contributed by atoms with Crippen molar-refractivity contribution in [3.05, 3.63) is 11.8 Å². The first-order chi connectivity index (χ1) is 11.9. The zero-order chi connectivity index (χ0) is 18.8. The summed E-state index contributed by atoms with van der Waals surface area (Å²) in [6.07, 6.45) is 4.93. The highest BCUT2D eigenvalue weighted by Crippen LogP contribution is 2.20. The van der Waals surface area contributed by atoms with Crippen LogP contribution >= 0.6 is 0 Å². The molecule has 5 nitrogen and oxygen atoms in total. The number of hydrogen-bond donors (Lipinski definition) is 2. The highest BCUT2D eigenvalue weighted by Gasteiger charge is 2.22. The average Bonchev–Trinajstić information content (AvgIpc) is 2.60. The van der Waals surface area contributed by atoms with Gasteiger partial charge in [-0.1, -0.05) is 19.0 Å². The standard InChI is InChI=1S/C19H37FN4O/c1-6-17(20)10-9-15(4)19(12-21)16(5)22-25-23-18-8-7-11-24(13-18)14(2)3/h12,14-15,17-18,23H,6-11,13,21H2,1-5H3/b19-12-,22-16-. The van der Waals surface area contributed by atoms with Crippen LogP contribution in [0.3, 0.4) is 0 Å². The molecule has 1 rings (SSSR count). The van der Waals surface area contributed by atoms with Gasteiger partial charge in [0.15, 0.2) is 0 Å². The summed E-state index contributed by atoms with van der Waals surface area (Å²) in [5.74, 6) is 0.160. The van der Waals surface area contributed by atoms with Crippen molar-refractivity contribution in [2.75, 3.05) is 13.1 Å². The molecule has 0 aromatic rings. The Kier molecular flexibility index (Phi) is 10.0.